The highest BCUT2D eigenvalue weighted by atomic mass is 16.3. The summed E-state index contributed by atoms with van der Waals surface area (Å²) in [5.41, 5.74) is 5.93. The van der Waals surface area contributed by atoms with Gasteiger partial charge in [0.25, 0.3) is 0 Å². The summed E-state index contributed by atoms with van der Waals surface area (Å²) in [6.45, 7) is 0. The van der Waals surface area contributed by atoms with Crippen LogP contribution in [0.4, 0.5) is 0 Å². The largest absolute Gasteiger partial charge is 0.455 e. The fourth-order valence-corrected chi connectivity index (χ4v) is 8.13. The lowest BCUT2D eigenvalue weighted by Gasteiger charge is -2.15. The van der Waals surface area contributed by atoms with E-state index in [1.54, 1.807) is 0 Å². The van der Waals surface area contributed by atoms with Gasteiger partial charge in [-0.1, -0.05) is 133 Å². The SMILES string of the molecule is c1ccc(-c2cc3nc(-c4cc5c6ccccc6c6ccccc6c5c5oc6ccccc6c45)ncc3c3c2ccc2ccccc23)cc1. The first kappa shape index (κ1) is 26.5. The van der Waals surface area contributed by atoms with Crippen LogP contribution in [0.3, 0.4) is 0 Å². The van der Waals surface area contributed by atoms with Crippen molar-refractivity contribution in [2.75, 3.05) is 0 Å². The molecule has 0 spiro atoms. The fourth-order valence-electron chi connectivity index (χ4n) is 8.13. The first-order valence-electron chi connectivity index (χ1n) is 16.7. The van der Waals surface area contributed by atoms with Gasteiger partial charge in [-0.3, -0.25) is 0 Å². The maximum atomic E-state index is 6.80. The molecule has 2 aromatic heterocycles. The number of aromatic nitrogens is 2. The average Bonchev–Trinajstić information content (AvgIpc) is 3.57. The molecule has 11 aromatic rings. The molecule has 0 bridgehead atoms. The molecule has 0 radical (unpaired) electrons. The van der Waals surface area contributed by atoms with Crippen LogP contribution in [0, 0.1) is 0 Å². The number of hydrogen-bond acceptors (Lipinski definition) is 3. The monoisotopic (exact) mass is 622 g/mol. The maximum absolute atomic E-state index is 6.80. The van der Waals surface area contributed by atoms with Crippen molar-refractivity contribution in [2.24, 2.45) is 0 Å². The molecule has 226 valence electrons. The van der Waals surface area contributed by atoms with Gasteiger partial charge in [-0.2, -0.15) is 0 Å². The minimum atomic E-state index is 0.682. The molecule has 2 heterocycles. The Morgan fingerprint density at radius 1 is 0.408 bits per heavy atom. The topological polar surface area (TPSA) is 38.9 Å². The summed E-state index contributed by atoms with van der Waals surface area (Å²) in [5.74, 6) is 0.682. The number of hydrogen-bond donors (Lipinski definition) is 0. The van der Waals surface area contributed by atoms with E-state index in [-0.39, 0.29) is 0 Å². The van der Waals surface area contributed by atoms with Crippen molar-refractivity contribution in [1.82, 2.24) is 9.97 Å². The second kappa shape index (κ2) is 9.96. The Labute approximate surface area is 280 Å². The highest BCUT2D eigenvalue weighted by Crippen LogP contribution is 2.46. The molecule has 0 amide bonds. The van der Waals surface area contributed by atoms with Crippen molar-refractivity contribution in [3.05, 3.63) is 158 Å². The molecule has 3 nitrogen and oxygen atoms in total. The Balaban J connectivity index is 1.31. The number of nitrogens with zero attached hydrogens (tertiary/aromatic N) is 2. The van der Waals surface area contributed by atoms with Crippen molar-refractivity contribution < 1.29 is 4.42 Å². The molecule has 0 saturated carbocycles. The first-order valence-corrected chi connectivity index (χ1v) is 16.7. The van der Waals surface area contributed by atoms with Gasteiger partial charge in [0.15, 0.2) is 5.82 Å². The maximum Gasteiger partial charge on any atom is 0.160 e. The van der Waals surface area contributed by atoms with Gasteiger partial charge < -0.3 is 4.42 Å². The standard InChI is InChI=1S/C46H26N2O/c1-2-12-27(13-3-1)36-25-40-39(42-29-15-5-4-14-28(29)22-23-34(36)42)26-47-46(48-40)38-24-37-32-18-7-6-16-30(32)31-17-8-9-19-33(31)43(37)45-44(38)35-20-10-11-21-41(35)49-45/h1-26H. The minimum Gasteiger partial charge on any atom is -0.455 e. The van der Waals surface area contributed by atoms with Crippen LogP contribution in [0.2, 0.25) is 0 Å². The number of fused-ring (bicyclic) bond motifs is 15. The fraction of sp³-hybridized carbons (Fsp3) is 0. The van der Waals surface area contributed by atoms with Crippen LogP contribution < -0.4 is 0 Å². The molecule has 0 fully saturated rings. The predicted octanol–water partition coefficient (Wildman–Crippen LogP) is 12.6. The van der Waals surface area contributed by atoms with Gasteiger partial charge >= 0.3 is 0 Å². The minimum absolute atomic E-state index is 0.682. The third-order valence-corrected chi connectivity index (χ3v) is 10.3. The van der Waals surface area contributed by atoms with Gasteiger partial charge in [0, 0.05) is 38.7 Å². The zero-order valence-corrected chi connectivity index (χ0v) is 26.3. The Morgan fingerprint density at radius 2 is 1.06 bits per heavy atom. The third-order valence-electron chi connectivity index (χ3n) is 10.3. The molecule has 0 N–H and O–H groups in total. The van der Waals surface area contributed by atoms with Crippen LogP contribution in [0.15, 0.2) is 162 Å². The highest BCUT2D eigenvalue weighted by molar-refractivity contribution is 6.34. The number of furan rings is 1. The van der Waals surface area contributed by atoms with Gasteiger partial charge in [0.1, 0.15) is 11.2 Å². The van der Waals surface area contributed by atoms with Gasteiger partial charge in [-0.15, -0.1) is 0 Å². The Hall–Kier alpha value is -6.58. The van der Waals surface area contributed by atoms with E-state index in [4.69, 9.17) is 14.4 Å². The second-order valence-corrected chi connectivity index (χ2v) is 12.9. The summed E-state index contributed by atoms with van der Waals surface area (Å²) >= 11 is 0. The molecule has 3 heteroatoms. The highest BCUT2D eigenvalue weighted by Gasteiger charge is 2.22. The van der Waals surface area contributed by atoms with Gasteiger partial charge in [-0.25, -0.2) is 9.97 Å². The van der Waals surface area contributed by atoms with Crippen LogP contribution in [-0.2, 0) is 0 Å². The van der Waals surface area contributed by atoms with E-state index in [1.165, 1.54) is 43.1 Å². The number of rotatable bonds is 2. The van der Waals surface area contributed by atoms with Crippen LogP contribution >= 0.6 is 0 Å². The van der Waals surface area contributed by atoms with Gasteiger partial charge in [0.2, 0.25) is 0 Å². The number of benzene rings is 9. The molecule has 0 atom stereocenters. The summed E-state index contributed by atoms with van der Waals surface area (Å²) in [5, 5.41) is 15.0. The van der Waals surface area contributed by atoms with Crippen LogP contribution in [-0.4, -0.2) is 9.97 Å². The quantitative estimate of drug-likeness (QED) is 0.180. The number of para-hydroxylation sites is 1. The second-order valence-electron chi connectivity index (χ2n) is 12.9. The Morgan fingerprint density at radius 3 is 1.88 bits per heavy atom. The van der Waals surface area contributed by atoms with Crippen LogP contribution in [0.5, 0.6) is 0 Å². The van der Waals surface area contributed by atoms with E-state index in [2.05, 4.69) is 146 Å². The van der Waals surface area contributed by atoms with Crippen molar-refractivity contribution >= 4 is 86.7 Å². The molecule has 0 aliphatic rings. The van der Waals surface area contributed by atoms with Crippen molar-refractivity contribution in [1.29, 1.82) is 0 Å². The zero-order chi connectivity index (χ0) is 32.1. The van der Waals surface area contributed by atoms with E-state index < -0.39 is 0 Å². The molecule has 49 heavy (non-hydrogen) atoms. The van der Waals surface area contributed by atoms with E-state index in [0.29, 0.717) is 5.82 Å². The molecule has 0 unspecified atom stereocenters. The molecule has 0 saturated heterocycles. The predicted molar refractivity (Wildman–Crippen MR) is 205 cm³/mol. The molecule has 9 aromatic carbocycles. The van der Waals surface area contributed by atoms with Crippen molar-refractivity contribution in [2.45, 2.75) is 0 Å². The van der Waals surface area contributed by atoms with E-state index in [9.17, 15) is 0 Å². The average molecular weight is 623 g/mol. The summed E-state index contributed by atoms with van der Waals surface area (Å²) in [4.78, 5) is 10.6. The van der Waals surface area contributed by atoms with E-state index >= 15 is 0 Å². The summed E-state index contributed by atoms with van der Waals surface area (Å²) in [7, 11) is 0. The summed E-state index contributed by atoms with van der Waals surface area (Å²) < 4.78 is 6.80. The lowest BCUT2D eigenvalue weighted by Crippen LogP contribution is -1.94. The molecular weight excluding hydrogens is 597 g/mol. The molecule has 0 aliphatic heterocycles. The third kappa shape index (κ3) is 3.73. The smallest absolute Gasteiger partial charge is 0.160 e. The molecule has 11 rings (SSSR count). The lowest BCUT2D eigenvalue weighted by atomic mass is 9.90. The summed E-state index contributed by atoms with van der Waals surface area (Å²) in [6.07, 6.45) is 2.03. The first-order chi connectivity index (χ1) is 24.3. The van der Waals surface area contributed by atoms with Gasteiger partial charge in [0.05, 0.1) is 5.52 Å². The van der Waals surface area contributed by atoms with Crippen molar-refractivity contribution in [3.63, 3.8) is 0 Å². The van der Waals surface area contributed by atoms with E-state index in [0.717, 1.165) is 60.3 Å². The van der Waals surface area contributed by atoms with Crippen LogP contribution in [0.25, 0.3) is 109 Å². The van der Waals surface area contributed by atoms with E-state index in [1.807, 2.05) is 12.3 Å². The molecular formula is C46H26N2O. The van der Waals surface area contributed by atoms with Crippen molar-refractivity contribution in [3.8, 4) is 22.5 Å². The van der Waals surface area contributed by atoms with Gasteiger partial charge in [-0.05, 0) is 72.4 Å². The Kier molecular flexibility index (Phi) is 5.38. The molecule has 0 aliphatic carbocycles. The summed E-state index contributed by atoms with van der Waals surface area (Å²) in [6, 6.07) is 53.8. The normalized spacial score (nSPS) is 12.1. The Bertz CT molecular complexity index is 3160. The van der Waals surface area contributed by atoms with Crippen LogP contribution in [0.1, 0.15) is 0 Å². The zero-order valence-electron chi connectivity index (χ0n) is 26.3. The lowest BCUT2D eigenvalue weighted by molar-refractivity contribution is 0.673.